The number of carbonyl (C=O) groups is 4. The highest BCUT2D eigenvalue weighted by Crippen LogP contribution is 2.77. The molecule has 0 spiro atoms. The van der Waals surface area contributed by atoms with E-state index in [0.29, 0.717) is 12.8 Å². The number of Topliss-reactive ketones (excluding diaryl/α,β-unsaturated/α-hetero) is 1. The van der Waals surface area contributed by atoms with Crippen molar-refractivity contribution in [3.05, 3.63) is 0 Å². The highest BCUT2D eigenvalue weighted by atomic mass is 16.6. The van der Waals surface area contributed by atoms with E-state index in [2.05, 4.69) is 27.7 Å². The second-order valence-electron chi connectivity index (χ2n) is 16.4. The number of ketones is 1. The monoisotopic (exact) mass is 616 g/mol. The van der Waals surface area contributed by atoms with Gasteiger partial charge in [0.05, 0.1) is 11.5 Å². The zero-order valence-electron chi connectivity index (χ0n) is 27.2. The van der Waals surface area contributed by atoms with Crippen molar-refractivity contribution in [2.45, 2.75) is 117 Å². The fraction of sp³-hybridized carbons (Fsp3) is 0.882. The Morgan fingerprint density at radius 1 is 0.886 bits per heavy atom. The van der Waals surface area contributed by atoms with E-state index in [1.165, 1.54) is 20.8 Å². The Hall–Kier alpha value is -2.04. The Morgan fingerprint density at radius 3 is 2.14 bits per heavy atom. The minimum atomic E-state index is -1.82. The average molecular weight is 617 g/mol. The quantitative estimate of drug-likeness (QED) is 0.269. The Bertz CT molecular complexity index is 1330. The first kappa shape index (κ1) is 30.6. The van der Waals surface area contributed by atoms with Gasteiger partial charge < -0.3 is 29.2 Å². The Morgan fingerprint density at radius 2 is 1.52 bits per heavy atom. The lowest BCUT2D eigenvalue weighted by Crippen LogP contribution is -2.70. The maximum absolute atomic E-state index is 14.3. The molecule has 2 aliphatic heterocycles. The highest BCUT2D eigenvalue weighted by molar-refractivity contribution is 5.88. The summed E-state index contributed by atoms with van der Waals surface area (Å²) in [4.78, 5) is 52.9. The molecule has 44 heavy (non-hydrogen) atoms. The SMILES string of the molecule is CC(=O)O[C@@H]1[C@H]2[C@H]3C(C(C)[C@H](C)[C@]2(C)[C@@H]2[C@@H]1[C@]1(C)C(C[C@H]2C)OC(=O)[C@@]1(C)O)[C@]1(C)[C@H](C[C@@H]2O[C@@H]2[C@@H]1OC(C)=O)C(=O)[C@@H]3O. The molecule has 0 aromatic carbocycles. The number of hydrogen-bond donors (Lipinski definition) is 2. The van der Waals surface area contributed by atoms with E-state index in [1.807, 2.05) is 13.8 Å². The van der Waals surface area contributed by atoms with Gasteiger partial charge in [-0.2, -0.15) is 0 Å². The maximum Gasteiger partial charge on any atom is 0.338 e. The zero-order valence-corrected chi connectivity index (χ0v) is 27.2. The Kier molecular flexibility index (Phi) is 6.30. The van der Waals surface area contributed by atoms with Gasteiger partial charge in [0.25, 0.3) is 0 Å². The summed E-state index contributed by atoms with van der Waals surface area (Å²) in [5.74, 6) is -4.27. The van der Waals surface area contributed by atoms with E-state index in [-0.39, 0.29) is 47.6 Å². The van der Waals surface area contributed by atoms with Crippen molar-refractivity contribution in [2.24, 2.45) is 69.5 Å². The van der Waals surface area contributed by atoms with Crippen LogP contribution in [-0.2, 0) is 38.1 Å². The molecule has 0 aromatic rings. The van der Waals surface area contributed by atoms with E-state index in [4.69, 9.17) is 18.9 Å². The van der Waals surface area contributed by atoms with Crippen LogP contribution in [0.25, 0.3) is 0 Å². The first-order valence-corrected chi connectivity index (χ1v) is 16.5. The lowest BCUT2D eigenvalue weighted by atomic mass is 9.38. The van der Waals surface area contributed by atoms with Crippen LogP contribution in [0.2, 0.25) is 0 Å². The Balaban J connectivity index is 1.45. The Labute approximate surface area is 258 Å². The molecule has 19 atom stereocenters. The summed E-state index contributed by atoms with van der Waals surface area (Å²) in [7, 11) is 0. The van der Waals surface area contributed by atoms with E-state index in [9.17, 15) is 29.4 Å². The van der Waals surface area contributed by atoms with Gasteiger partial charge in [0.2, 0.25) is 0 Å². The van der Waals surface area contributed by atoms with Gasteiger partial charge in [-0.15, -0.1) is 0 Å². The third-order valence-electron chi connectivity index (χ3n) is 15.0. The second-order valence-corrected chi connectivity index (χ2v) is 16.4. The molecule has 244 valence electrons. The molecule has 7 fully saturated rings. The molecule has 5 aliphatic carbocycles. The second kappa shape index (κ2) is 9.06. The van der Waals surface area contributed by atoms with E-state index in [0.717, 1.165) is 0 Å². The minimum Gasteiger partial charge on any atom is -0.462 e. The fourth-order valence-electron chi connectivity index (χ4n) is 13.0. The summed E-state index contributed by atoms with van der Waals surface area (Å²) in [6.45, 7) is 16.9. The lowest BCUT2D eigenvalue weighted by molar-refractivity contribution is -0.235. The molecular weight excluding hydrogens is 568 g/mol. The van der Waals surface area contributed by atoms with E-state index in [1.54, 1.807) is 0 Å². The van der Waals surface area contributed by atoms with Crippen LogP contribution in [-0.4, -0.2) is 76.1 Å². The predicted molar refractivity (Wildman–Crippen MR) is 153 cm³/mol. The van der Waals surface area contributed by atoms with Gasteiger partial charge in [0, 0.05) is 42.9 Å². The molecule has 2 saturated heterocycles. The number of ether oxygens (including phenoxy) is 4. The van der Waals surface area contributed by atoms with Crippen LogP contribution >= 0.6 is 0 Å². The summed E-state index contributed by atoms with van der Waals surface area (Å²) < 4.78 is 24.2. The molecule has 3 unspecified atom stereocenters. The van der Waals surface area contributed by atoms with Gasteiger partial charge in [-0.25, -0.2) is 4.79 Å². The largest absolute Gasteiger partial charge is 0.462 e. The fourth-order valence-corrected chi connectivity index (χ4v) is 13.0. The first-order valence-electron chi connectivity index (χ1n) is 16.5. The number of fused-ring (bicyclic) bond motifs is 10. The average Bonchev–Trinajstić information content (AvgIpc) is 3.61. The molecule has 0 radical (unpaired) electrons. The van der Waals surface area contributed by atoms with E-state index < -0.39 is 87.8 Å². The molecule has 2 N–H and O–H groups in total. The summed E-state index contributed by atoms with van der Waals surface area (Å²) in [6.07, 6.45) is -2.78. The van der Waals surface area contributed by atoms with Gasteiger partial charge in [-0.05, 0) is 54.8 Å². The van der Waals surface area contributed by atoms with Crippen molar-refractivity contribution in [1.29, 1.82) is 0 Å². The van der Waals surface area contributed by atoms with Gasteiger partial charge >= 0.3 is 17.9 Å². The van der Waals surface area contributed by atoms with Crippen LogP contribution in [0.15, 0.2) is 0 Å². The van der Waals surface area contributed by atoms with Crippen LogP contribution in [0.1, 0.15) is 75.2 Å². The van der Waals surface area contributed by atoms with Crippen molar-refractivity contribution in [3.8, 4) is 0 Å². The van der Waals surface area contributed by atoms with Crippen LogP contribution in [0.4, 0.5) is 0 Å². The summed E-state index contributed by atoms with van der Waals surface area (Å²) >= 11 is 0. The molecule has 7 rings (SSSR count). The predicted octanol–water partition coefficient (Wildman–Crippen LogP) is 2.70. The van der Waals surface area contributed by atoms with Crippen LogP contribution in [0, 0.1) is 69.5 Å². The number of carbonyl (C=O) groups excluding carboxylic acids is 4. The van der Waals surface area contributed by atoms with Crippen LogP contribution in [0.5, 0.6) is 0 Å². The van der Waals surface area contributed by atoms with Gasteiger partial charge in [-0.3, -0.25) is 14.4 Å². The van der Waals surface area contributed by atoms with Crippen LogP contribution < -0.4 is 0 Å². The number of aliphatic hydroxyl groups excluding tert-OH is 1. The van der Waals surface area contributed by atoms with Crippen molar-refractivity contribution in [1.82, 2.24) is 0 Å². The van der Waals surface area contributed by atoms with Crippen molar-refractivity contribution < 1.29 is 48.3 Å². The topological polar surface area (TPSA) is 149 Å². The standard InChI is InChI=1S/C34H48O10/c1-12-10-19-33(8,34(9,40)30(39)44-19)24-21(12)31(6)14(3)13(2)22-20(23(31)28(24)41-15(4)35)26(38)25(37)17-11-18-27(43-18)29(32(17,22)7)42-16(5)36/h12-14,17-24,26-29,38,40H,10-11H2,1-9H3/t12-,13?,14+,17-,18+,19?,20-,21+,22?,23-,24+,26-,27+,28-,29+,31-,32+,33+,34-/m1/s1. The van der Waals surface area contributed by atoms with Crippen molar-refractivity contribution in [3.63, 3.8) is 0 Å². The summed E-state index contributed by atoms with van der Waals surface area (Å²) in [5.41, 5.74) is -4.24. The van der Waals surface area contributed by atoms with Gasteiger partial charge in [0.15, 0.2) is 11.4 Å². The summed E-state index contributed by atoms with van der Waals surface area (Å²) in [5, 5.41) is 24.0. The number of hydrogen-bond acceptors (Lipinski definition) is 10. The minimum absolute atomic E-state index is 0.0127. The first-order chi connectivity index (χ1) is 20.4. The van der Waals surface area contributed by atoms with Gasteiger partial charge in [0.1, 0.15) is 30.5 Å². The zero-order chi connectivity index (χ0) is 32.2. The maximum atomic E-state index is 14.3. The molecule has 0 aromatic heterocycles. The smallest absolute Gasteiger partial charge is 0.338 e. The highest BCUT2D eigenvalue weighted by Gasteiger charge is 2.82. The van der Waals surface area contributed by atoms with Gasteiger partial charge in [-0.1, -0.05) is 41.5 Å². The number of rotatable bonds is 2. The number of esters is 3. The molecule has 7 aliphatic rings. The molecule has 0 bridgehead atoms. The van der Waals surface area contributed by atoms with E-state index >= 15 is 0 Å². The molecular formula is C34H48O10. The number of epoxide rings is 1. The van der Waals surface area contributed by atoms with Crippen LogP contribution in [0.3, 0.4) is 0 Å². The third kappa shape index (κ3) is 3.33. The number of aliphatic hydroxyl groups is 2. The molecule has 2 heterocycles. The molecule has 10 nitrogen and oxygen atoms in total. The van der Waals surface area contributed by atoms with Crippen molar-refractivity contribution in [2.75, 3.05) is 0 Å². The normalized spacial score (nSPS) is 60.0. The molecule has 5 saturated carbocycles. The molecule has 0 amide bonds. The lowest BCUT2D eigenvalue weighted by Gasteiger charge is -2.66. The molecule has 10 heteroatoms. The van der Waals surface area contributed by atoms with Crippen molar-refractivity contribution >= 4 is 23.7 Å². The summed E-state index contributed by atoms with van der Waals surface area (Å²) in [6, 6.07) is 0. The third-order valence-corrected chi connectivity index (χ3v) is 15.0.